The average Bonchev–Trinajstić information content (AvgIpc) is 3.21. The van der Waals surface area contributed by atoms with E-state index in [0.717, 1.165) is 12.3 Å². The number of hydrogen-bond donors (Lipinski definition) is 2. The van der Waals surface area contributed by atoms with Crippen molar-refractivity contribution in [3.63, 3.8) is 0 Å². The molecule has 10 nitrogen and oxygen atoms in total. The molecule has 3 aromatic rings. The lowest BCUT2D eigenvalue weighted by Gasteiger charge is -2.14. The van der Waals surface area contributed by atoms with Gasteiger partial charge in [-0.05, 0) is 43.3 Å². The molecule has 0 saturated carbocycles. The lowest BCUT2D eigenvalue weighted by molar-refractivity contribution is -0.123. The molecule has 12 heteroatoms. The van der Waals surface area contributed by atoms with Gasteiger partial charge in [-0.2, -0.15) is 0 Å². The molecule has 1 amide bonds. The molecule has 0 spiro atoms. The summed E-state index contributed by atoms with van der Waals surface area (Å²) in [6.45, 7) is 1.29. The number of amides is 1. The second-order valence-electron chi connectivity index (χ2n) is 6.96. The summed E-state index contributed by atoms with van der Waals surface area (Å²) in [6.07, 6.45) is -0.157. The number of anilines is 1. The van der Waals surface area contributed by atoms with Crippen molar-refractivity contribution in [2.75, 3.05) is 5.32 Å². The van der Waals surface area contributed by atoms with Gasteiger partial charge in [-0.1, -0.05) is 24.3 Å². The number of carbonyl (C=O) groups is 2. The number of nitrogens with one attached hydrogen (secondary N) is 1. The van der Waals surface area contributed by atoms with Crippen molar-refractivity contribution in [1.82, 2.24) is 0 Å². The molecule has 0 bridgehead atoms. The van der Waals surface area contributed by atoms with Gasteiger partial charge in [0, 0.05) is 11.3 Å². The standard InChI is InChI=1S/C21H20N2O8S2/c1-14(20(24)23-16-6-5-9-18(12-16)33(22,28)29)31-21(25)19-15(10-11-30-19)13-32(26,27)17-7-3-2-4-8-17/h2-12,14H,13H2,1H3,(H,23,24)(H2,22,28,29). The Balaban J connectivity index is 1.69. The highest BCUT2D eigenvalue weighted by Gasteiger charge is 2.26. The molecule has 1 unspecified atom stereocenters. The third-order valence-electron chi connectivity index (χ3n) is 4.46. The van der Waals surface area contributed by atoms with Crippen LogP contribution in [0.3, 0.4) is 0 Å². The van der Waals surface area contributed by atoms with Gasteiger partial charge in [0.1, 0.15) is 0 Å². The fourth-order valence-electron chi connectivity index (χ4n) is 2.81. The quantitative estimate of drug-likeness (QED) is 0.451. The molecule has 3 rings (SSSR count). The van der Waals surface area contributed by atoms with Crippen LogP contribution in [-0.4, -0.2) is 34.8 Å². The van der Waals surface area contributed by atoms with Crippen LogP contribution in [0.25, 0.3) is 0 Å². The molecule has 3 N–H and O–H groups in total. The smallest absolute Gasteiger partial charge is 0.375 e. The molecule has 1 aromatic heterocycles. The zero-order valence-electron chi connectivity index (χ0n) is 17.3. The molecule has 0 aliphatic carbocycles. The maximum absolute atomic E-state index is 12.6. The summed E-state index contributed by atoms with van der Waals surface area (Å²) >= 11 is 0. The zero-order valence-corrected chi connectivity index (χ0v) is 18.9. The van der Waals surface area contributed by atoms with Crippen LogP contribution in [0, 0.1) is 0 Å². The third kappa shape index (κ3) is 6.06. The van der Waals surface area contributed by atoms with Crippen molar-refractivity contribution in [3.8, 4) is 0 Å². The Bertz CT molecular complexity index is 1380. The van der Waals surface area contributed by atoms with Gasteiger partial charge in [0.25, 0.3) is 5.91 Å². The molecule has 1 atom stereocenters. The minimum absolute atomic E-state index is 0.0808. The predicted molar refractivity (Wildman–Crippen MR) is 117 cm³/mol. The Morgan fingerprint density at radius 3 is 2.33 bits per heavy atom. The molecular weight excluding hydrogens is 472 g/mol. The van der Waals surface area contributed by atoms with Crippen molar-refractivity contribution >= 4 is 37.4 Å². The summed E-state index contributed by atoms with van der Waals surface area (Å²) in [6, 6.07) is 14.3. The van der Waals surface area contributed by atoms with E-state index in [-0.39, 0.29) is 26.8 Å². The van der Waals surface area contributed by atoms with Crippen molar-refractivity contribution in [2.24, 2.45) is 5.14 Å². The van der Waals surface area contributed by atoms with E-state index in [1.54, 1.807) is 18.2 Å². The summed E-state index contributed by atoms with van der Waals surface area (Å²) in [5.41, 5.74) is 0.208. The van der Waals surface area contributed by atoms with E-state index in [9.17, 15) is 26.4 Å². The summed E-state index contributed by atoms with van der Waals surface area (Å²) in [5, 5.41) is 7.48. The van der Waals surface area contributed by atoms with Gasteiger partial charge in [0.15, 0.2) is 15.9 Å². The number of ether oxygens (including phenoxy) is 1. The molecule has 174 valence electrons. The number of hydrogen-bond acceptors (Lipinski definition) is 8. The van der Waals surface area contributed by atoms with Crippen LogP contribution in [0.2, 0.25) is 0 Å². The first kappa shape index (κ1) is 24.2. The average molecular weight is 493 g/mol. The number of esters is 1. The van der Waals surface area contributed by atoms with Gasteiger partial charge in [-0.3, -0.25) is 4.79 Å². The Morgan fingerprint density at radius 1 is 1.00 bits per heavy atom. The van der Waals surface area contributed by atoms with E-state index in [0.29, 0.717) is 0 Å². The summed E-state index contributed by atoms with van der Waals surface area (Å²) < 4.78 is 58.3. The fourth-order valence-corrected chi connectivity index (χ4v) is 4.74. The van der Waals surface area contributed by atoms with Gasteiger partial charge in [-0.25, -0.2) is 26.8 Å². The number of nitrogens with two attached hydrogens (primary N) is 1. The van der Waals surface area contributed by atoms with Crippen molar-refractivity contribution in [1.29, 1.82) is 0 Å². The number of primary sulfonamides is 1. The molecule has 1 heterocycles. The molecule has 33 heavy (non-hydrogen) atoms. The van der Waals surface area contributed by atoms with Crippen LogP contribution < -0.4 is 10.5 Å². The SMILES string of the molecule is CC(OC(=O)c1occc1CS(=O)(=O)c1ccccc1)C(=O)Nc1cccc(S(N)(=O)=O)c1. The number of sulfone groups is 1. The van der Waals surface area contributed by atoms with Crippen LogP contribution in [0.5, 0.6) is 0 Å². The molecule has 0 radical (unpaired) electrons. The summed E-state index contributed by atoms with van der Waals surface area (Å²) in [5.74, 6) is -2.62. The van der Waals surface area contributed by atoms with E-state index in [1.165, 1.54) is 43.3 Å². The fraction of sp³-hybridized carbons (Fsp3) is 0.143. The topological polar surface area (TPSA) is 163 Å². The van der Waals surface area contributed by atoms with E-state index in [2.05, 4.69) is 5.32 Å². The number of furan rings is 1. The normalized spacial score (nSPS) is 12.7. The molecule has 0 fully saturated rings. The highest BCUT2D eigenvalue weighted by Crippen LogP contribution is 2.21. The van der Waals surface area contributed by atoms with Crippen LogP contribution in [0.15, 0.2) is 81.1 Å². The van der Waals surface area contributed by atoms with Crippen LogP contribution in [-0.2, 0) is 35.1 Å². The minimum Gasteiger partial charge on any atom is -0.457 e. The van der Waals surface area contributed by atoms with E-state index in [4.69, 9.17) is 14.3 Å². The first-order chi connectivity index (χ1) is 15.5. The summed E-state index contributed by atoms with van der Waals surface area (Å²) in [4.78, 5) is 24.8. The first-order valence-electron chi connectivity index (χ1n) is 9.46. The van der Waals surface area contributed by atoms with Crippen LogP contribution in [0.4, 0.5) is 5.69 Å². The third-order valence-corrected chi connectivity index (χ3v) is 7.06. The number of benzene rings is 2. The predicted octanol–water partition coefficient (Wildman–Crippen LogP) is 2.08. The molecule has 0 saturated heterocycles. The van der Waals surface area contributed by atoms with Gasteiger partial charge >= 0.3 is 5.97 Å². The highest BCUT2D eigenvalue weighted by atomic mass is 32.2. The van der Waals surface area contributed by atoms with Gasteiger partial charge < -0.3 is 14.5 Å². The Morgan fingerprint density at radius 2 is 1.67 bits per heavy atom. The Kier molecular flexibility index (Phi) is 7.01. The van der Waals surface area contributed by atoms with E-state index >= 15 is 0 Å². The number of sulfonamides is 1. The van der Waals surface area contributed by atoms with Crippen LogP contribution >= 0.6 is 0 Å². The van der Waals surface area contributed by atoms with Crippen molar-refractivity contribution in [3.05, 3.63) is 78.3 Å². The molecule has 0 aliphatic heterocycles. The Hall–Kier alpha value is -3.48. The minimum atomic E-state index is -3.97. The maximum Gasteiger partial charge on any atom is 0.375 e. The zero-order chi connectivity index (χ0) is 24.2. The van der Waals surface area contributed by atoms with E-state index in [1.807, 2.05) is 0 Å². The van der Waals surface area contributed by atoms with Crippen molar-refractivity contribution < 1.29 is 35.6 Å². The largest absolute Gasteiger partial charge is 0.457 e. The first-order valence-corrected chi connectivity index (χ1v) is 12.7. The lowest BCUT2D eigenvalue weighted by Crippen LogP contribution is -2.30. The van der Waals surface area contributed by atoms with Crippen LogP contribution in [0.1, 0.15) is 23.0 Å². The molecule has 0 aliphatic rings. The van der Waals surface area contributed by atoms with E-state index < -0.39 is 43.6 Å². The highest BCUT2D eigenvalue weighted by molar-refractivity contribution is 7.90. The Labute approximate surface area is 190 Å². The monoisotopic (exact) mass is 492 g/mol. The summed E-state index contributed by atoms with van der Waals surface area (Å²) in [7, 11) is -7.72. The maximum atomic E-state index is 12.6. The second-order valence-corrected chi connectivity index (χ2v) is 10.5. The van der Waals surface area contributed by atoms with Crippen molar-refractivity contribution in [2.45, 2.75) is 28.6 Å². The molecule has 2 aromatic carbocycles. The number of carbonyl (C=O) groups excluding carboxylic acids is 2. The van der Waals surface area contributed by atoms with Gasteiger partial charge in [-0.15, -0.1) is 0 Å². The van der Waals surface area contributed by atoms with Gasteiger partial charge in [0.05, 0.1) is 21.8 Å². The second kappa shape index (κ2) is 9.57. The lowest BCUT2D eigenvalue weighted by atomic mass is 10.2. The van der Waals surface area contributed by atoms with Gasteiger partial charge in [0.2, 0.25) is 15.8 Å². The number of rotatable bonds is 8. The molecular formula is C21H20N2O8S2.